The van der Waals surface area contributed by atoms with Crippen LogP contribution in [0.5, 0.6) is 0 Å². The van der Waals surface area contributed by atoms with Gasteiger partial charge in [0.2, 0.25) is 0 Å². The van der Waals surface area contributed by atoms with E-state index < -0.39 is 0 Å². The van der Waals surface area contributed by atoms with Crippen molar-refractivity contribution in [2.24, 2.45) is 0 Å². The van der Waals surface area contributed by atoms with Crippen LogP contribution in [-0.4, -0.2) is 0 Å². The summed E-state index contributed by atoms with van der Waals surface area (Å²) >= 11 is 0. The average Bonchev–Trinajstić information content (AvgIpc) is 0. The molecule has 0 aliphatic carbocycles. The number of hydrogen-bond donors (Lipinski definition) is 0. The first kappa shape index (κ1) is 302. The molecule has 27 valence electrons. The molecule has 0 amide bonds. The van der Waals surface area contributed by atoms with E-state index in [0.717, 1.165) is 0 Å². The monoisotopic (exact) mass is 100.0 g/mol. The predicted octanol–water partition coefficient (Wildman–Crippen LogP) is 2.15. The minimum atomic E-state index is 0. The molecule has 0 heterocycles. The second-order valence-electron chi connectivity index (χ2n) is 0. The van der Waals surface area contributed by atoms with Crippen molar-refractivity contribution in [3.8, 4) is 0 Å². The molecule has 1 radical (unpaired) electrons. The second kappa shape index (κ2) is 117. The third-order valence-electron chi connectivity index (χ3n) is 0. The minimum Gasteiger partial charge on any atom is -0.693 e. The average molecular weight is 100 g/mol. The Morgan fingerprint density at radius 3 is 0.500 bits per heavy atom. The minimum absolute atomic E-state index is 0. The van der Waals surface area contributed by atoms with Gasteiger partial charge in [0, 0.05) is 0 Å². The molecule has 4 heteroatoms. The third-order valence-corrected chi connectivity index (χ3v) is 0. The van der Waals surface area contributed by atoms with Gasteiger partial charge in [0.05, 0.1) is 0 Å². The summed E-state index contributed by atoms with van der Waals surface area (Å²) in [6.45, 7) is 0. The molecule has 0 atom stereocenters. The van der Waals surface area contributed by atoms with Crippen molar-refractivity contribution in [2.75, 3.05) is 0 Å². The standard InChI is InChI=1S/Cr.3H2N/h;3*1H2/q+3;3*-1. The molecular formula is H6CrN3. The van der Waals surface area contributed by atoms with Gasteiger partial charge in [-0.05, 0) is 0 Å². The normalized spacial score (nSPS) is 0. The quantitative estimate of drug-likeness (QED) is 0.445. The number of hydrogen-bond acceptors (Lipinski definition) is 0. The summed E-state index contributed by atoms with van der Waals surface area (Å²) in [5.41, 5.74) is 0. The van der Waals surface area contributed by atoms with Gasteiger partial charge in [0.1, 0.15) is 0 Å². The number of rotatable bonds is 0. The Hall–Kier alpha value is 0.412. The van der Waals surface area contributed by atoms with Crippen LogP contribution < -0.4 is 0 Å². The van der Waals surface area contributed by atoms with Crippen molar-refractivity contribution in [3.63, 3.8) is 0 Å². The van der Waals surface area contributed by atoms with Crippen molar-refractivity contribution in [1.82, 2.24) is 0 Å². The summed E-state index contributed by atoms with van der Waals surface area (Å²) in [5.74, 6) is 0. The van der Waals surface area contributed by atoms with Gasteiger partial charge < -0.3 is 18.5 Å². The van der Waals surface area contributed by atoms with Crippen LogP contribution in [0.3, 0.4) is 0 Å². The van der Waals surface area contributed by atoms with E-state index >= 15 is 0 Å². The maximum Gasteiger partial charge on any atom is 3.00 e. The van der Waals surface area contributed by atoms with E-state index in [9.17, 15) is 0 Å². The van der Waals surface area contributed by atoms with Crippen molar-refractivity contribution in [1.29, 1.82) is 0 Å². The van der Waals surface area contributed by atoms with Gasteiger partial charge in [-0.15, -0.1) is 0 Å². The van der Waals surface area contributed by atoms with Crippen LogP contribution in [0, 0.1) is 0 Å². The summed E-state index contributed by atoms with van der Waals surface area (Å²) in [5, 5.41) is 0. The molecule has 0 aliphatic rings. The molecule has 0 saturated heterocycles. The smallest absolute Gasteiger partial charge is 0.693 e. The zero-order valence-electron chi connectivity index (χ0n) is 2.14. The van der Waals surface area contributed by atoms with Crippen molar-refractivity contribution < 1.29 is 17.4 Å². The summed E-state index contributed by atoms with van der Waals surface area (Å²) in [6.07, 6.45) is 0. The molecule has 4 heavy (non-hydrogen) atoms. The summed E-state index contributed by atoms with van der Waals surface area (Å²) in [6, 6.07) is 0. The molecule has 0 fully saturated rings. The molecule has 0 unspecified atom stereocenters. The molecule has 0 aromatic rings. The molecule has 0 aliphatic heterocycles. The van der Waals surface area contributed by atoms with Crippen LogP contribution in [0.25, 0.3) is 18.5 Å². The van der Waals surface area contributed by atoms with Gasteiger partial charge in [-0.25, -0.2) is 0 Å². The molecular weight excluding hydrogens is 94.0 g/mol. The first-order chi connectivity index (χ1) is 0. The van der Waals surface area contributed by atoms with E-state index in [2.05, 4.69) is 0 Å². The maximum atomic E-state index is 0. The topological polar surface area (TPSA) is 100 Å². The van der Waals surface area contributed by atoms with Crippen molar-refractivity contribution in [2.45, 2.75) is 0 Å². The first-order valence-corrected chi connectivity index (χ1v) is 0. The Balaban J connectivity index is 0. The molecule has 0 aromatic carbocycles. The fourth-order valence-corrected chi connectivity index (χ4v) is 0. The molecule has 0 bridgehead atoms. The van der Waals surface area contributed by atoms with Gasteiger partial charge in [0.15, 0.2) is 0 Å². The third kappa shape index (κ3) is 28.3. The molecule has 0 aromatic heterocycles. The maximum absolute atomic E-state index is 0. The van der Waals surface area contributed by atoms with E-state index in [1.807, 2.05) is 0 Å². The van der Waals surface area contributed by atoms with E-state index in [1.165, 1.54) is 0 Å². The van der Waals surface area contributed by atoms with Gasteiger partial charge in [-0.3, -0.25) is 0 Å². The summed E-state index contributed by atoms with van der Waals surface area (Å²) < 4.78 is 0. The Labute approximate surface area is 36.6 Å². The van der Waals surface area contributed by atoms with Crippen LogP contribution in [-0.2, 0) is 17.4 Å². The Bertz CT molecular complexity index is 3.25. The van der Waals surface area contributed by atoms with Crippen molar-refractivity contribution in [3.05, 3.63) is 18.5 Å². The molecule has 6 N–H and O–H groups in total. The zero-order chi connectivity index (χ0) is 0. The zero-order valence-corrected chi connectivity index (χ0v) is 3.42. The van der Waals surface area contributed by atoms with Gasteiger partial charge in [0.25, 0.3) is 0 Å². The fourth-order valence-electron chi connectivity index (χ4n) is 0. The van der Waals surface area contributed by atoms with Crippen LogP contribution in [0.4, 0.5) is 0 Å². The van der Waals surface area contributed by atoms with Crippen LogP contribution >= 0.6 is 0 Å². The SMILES string of the molecule is [Cr+3].[NH2-].[NH2-].[NH2-]. The number of nitrogens with two attached hydrogens (primary N) is 3. The van der Waals surface area contributed by atoms with E-state index in [1.54, 1.807) is 0 Å². The Kier molecular flexibility index (Phi) is 8810. The Morgan fingerprint density at radius 2 is 0.500 bits per heavy atom. The van der Waals surface area contributed by atoms with Gasteiger partial charge >= 0.3 is 17.4 Å². The fraction of sp³-hybridized carbons (Fsp3) is 0. The predicted molar refractivity (Wildman–Crippen MR) is 15.9 cm³/mol. The Morgan fingerprint density at radius 1 is 0.500 bits per heavy atom. The first-order valence-electron chi connectivity index (χ1n) is 0. The molecule has 0 rings (SSSR count). The van der Waals surface area contributed by atoms with Crippen LogP contribution in [0.15, 0.2) is 0 Å². The van der Waals surface area contributed by atoms with E-state index in [4.69, 9.17) is 0 Å². The molecule has 0 saturated carbocycles. The van der Waals surface area contributed by atoms with E-state index in [0.29, 0.717) is 0 Å². The van der Waals surface area contributed by atoms with Crippen molar-refractivity contribution >= 4 is 0 Å². The summed E-state index contributed by atoms with van der Waals surface area (Å²) in [4.78, 5) is 0. The second-order valence-corrected chi connectivity index (χ2v) is 0. The van der Waals surface area contributed by atoms with Crippen LogP contribution in [0.2, 0.25) is 0 Å². The van der Waals surface area contributed by atoms with Gasteiger partial charge in [-0.1, -0.05) is 0 Å². The molecule has 0 spiro atoms. The largest absolute Gasteiger partial charge is 3.00 e. The van der Waals surface area contributed by atoms with E-state index in [-0.39, 0.29) is 35.8 Å². The van der Waals surface area contributed by atoms with Gasteiger partial charge in [-0.2, -0.15) is 0 Å². The summed E-state index contributed by atoms with van der Waals surface area (Å²) in [7, 11) is 0. The van der Waals surface area contributed by atoms with Crippen LogP contribution in [0.1, 0.15) is 0 Å². The molecule has 3 nitrogen and oxygen atoms in total.